The summed E-state index contributed by atoms with van der Waals surface area (Å²) in [6.45, 7) is 1.70. The first-order chi connectivity index (χ1) is 9.46. The van der Waals surface area contributed by atoms with Gasteiger partial charge >= 0.3 is 6.18 Å². The maximum absolute atomic E-state index is 12.7. The third kappa shape index (κ3) is 3.24. The zero-order valence-corrected chi connectivity index (χ0v) is 12.2. The molecule has 0 unspecified atom stereocenters. The second-order valence-electron chi connectivity index (χ2n) is 4.50. The molecule has 0 spiro atoms. The molecule has 0 radical (unpaired) electrons. The van der Waals surface area contributed by atoms with Gasteiger partial charge in [-0.15, -0.1) is 11.3 Å². The molecule has 8 heteroatoms. The molecule has 0 atom stereocenters. The van der Waals surface area contributed by atoms with Crippen molar-refractivity contribution in [2.75, 3.05) is 25.0 Å². The molecule has 2 rings (SSSR count). The van der Waals surface area contributed by atoms with Gasteiger partial charge in [-0.05, 0) is 13.5 Å². The van der Waals surface area contributed by atoms with Crippen LogP contribution in [0.3, 0.4) is 0 Å². The first-order valence-electron chi connectivity index (χ1n) is 6.37. The van der Waals surface area contributed by atoms with Gasteiger partial charge in [0.15, 0.2) is 10.8 Å². The van der Waals surface area contributed by atoms with E-state index >= 15 is 0 Å². The van der Waals surface area contributed by atoms with Gasteiger partial charge in [0.2, 0.25) is 0 Å². The van der Waals surface area contributed by atoms with Gasteiger partial charge in [0.1, 0.15) is 6.54 Å². The molecule has 4 nitrogen and oxygen atoms in total. The second kappa shape index (κ2) is 6.01. The van der Waals surface area contributed by atoms with E-state index in [2.05, 4.69) is 10.3 Å². The zero-order chi connectivity index (χ0) is 14.8. The molecule has 0 aliphatic rings. The quantitative estimate of drug-likeness (QED) is 0.891. The number of aromatic nitrogens is 2. The molecule has 0 bridgehead atoms. The highest BCUT2D eigenvalue weighted by atomic mass is 32.1. The molecule has 0 fully saturated rings. The van der Waals surface area contributed by atoms with Crippen molar-refractivity contribution in [3.05, 3.63) is 17.3 Å². The average molecular weight is 306 g/mol. The number of imidazole rings is 1. The van der Waals surface area contributed by atoms with Crippen LogP contribution in [0.1, 0.15) is 19.0 Å². The summed E-state index contributed by atoms with van der Waals surface area (Å²) in [6.07, 6.45) is -1.76. The molecule has 0 saturated carbocycles. The number of fused-ring (bicyclic) bond motifs is 1. The minimum Gasteiger partial charge on any atom is -0.346 e. The van der Waals surface area contributed by atoms with Crippen LogP contribution in [0, 0.1) is 0 Å². The van der Waals surface area contributed by atoms with Crippen molar-refractivity contribution in [2.24, 2.45) is 0 Å². The van der Waals surface area contributed by atoms with Gasteiger partial charge in [0.05, 0.1) is 5.69 Å². The number of halogens is 3. The minimum absolute atomic E-state index is 0.334. The van der Waals surface area contributed by atoms with Crippen molar-refractivity contribution in [2.45, 2.75) is 26.1 Å². The number of nitrogens with zero attached hydrogens (tertiary/aromatic N) is 3. The Labute approximate surface area is 119 Å². The summed E-state index contributed by atoms with van der Waals surface area (Å²) in [5, 5.41) is 4.86. The molecule has 2 aromatic heterocycles. The smallest absolute Gasteiger partial charge is 0.346 e. The van der Waals surface area contributed by atoms with Crippen LogP contribution in [-0.4, -0.2) is 35.7 Å². The average Bonchev–Trinajstić information content (AvgIpc) is 2.90. The van der Waals surface area contributed by atoms with E-state index in [9.17, 15) is 13.2 Å². The van der Waals surface area contributed by atoms with Crippen LogP contribution in [0.5, 0.6) is 0 Å². The lowest BCUT2D eigenvalue weighted by molar-refractivity contribution is -0.119. The molecule has 0 amide bonds. The molecule has 0 aliphatic carbocycles. The minimum atomic E-state index is -4.23. The highest BCUT2D eigenvalue weighted by molar-refractivity contribution is 7.15. The fourth-order valence-electron chi connectivity index (χ4n) is 2.15. The summed E-state index contributed by atoms with van der Waals surface area (Å²) in [4.78, 5) is 6.39. The predicted molar refractivity (Wildman–Crippen MR) is 74.4 cm³/mol. The Morgan fingerprint density at radius 3 is 2.80 bits per heavy atom. The Morgan fingerprint density at radius 2 is 2.20 bits per heavy atom. The summed E-state index contributed by atoms with van der Waals surface area (Å²) in [5.74, 6) is 0.422. The summed E-state index contributed by atoms with van der Waals surface area (Å²) >= 11 is 1.42. The van der Waals surface area contributed by atoms with Gasteiger partial charge in [-0.1, -0.05) is 6.92 Å². The molecular weight excluding hydrogens is 289 g/mol. The number of nitrogens with one attached hydrogen (secondary N) is 1. The van der Waals surface area contributed by atoms with Gasteiger partial charge in [0, 0.05) is 24.7 Å². The second-order valence-corrected chi connectivity index (χ2v) is 5.38. The maximum Gasteiger partial charge on any atom is 0.405 e. The SMILES string of the molecule is CCCN(CC(F)(F)F)c1nc2sccn2c1CNC. The predicted octanol–water partition coefficient (Wildman–Crippen LogP) is 2.89. The zero-order valence-electron chi connectivity index (χ0n) is 11.4. The number of anilines is 1. The third-order valence-electron chi connectivity index (χ3n) is 2.85. The van der Waals surface area contributed by atoms with E-state index in [1.165, 1.54) is 16.2 Å². The first-order valence-corrected chi connectivity index (χ1v) is 7.25. The van der Waals surface area contributed by atoms with Crippen molar-refractivity contribution in [3.8, 4) is 0 Å². The molecule has 20 heavy (non-hydrogen) atoms. The molecule has 0 aromatic carbocycles. The Morgan fingerprint density at radius 1 is 1.45 bits per heavy atom. The van der Waals surface area contributed by atoms with Crippen molar-refractivity contribution in [1.29, 1.82) is 0 Å². The number of rotatable bonds is 6. The van der Waals surface area contributed by atoms with Crippen molar-refractivity contribution >= 4 is 22.1 Å². The van der Waals surface area contributed by atoms with Crippen molar-refractivity contribution < 1.29 is 13.2 Å². The molecule has 1 N–H and O–H groups in total. The topological polar surface area (TPSA) is 32.6 Å². The number of alkyl halides is 3. The monoisotopic (exact) mass is 306 g/mol. The molecule has 112 valence electrons. The number of hydrogen-bond donors (Lipinski definition) is 1. The van der Waals surface area contributed by atoms with Crippen LogP contribution in [0.4, 0.5) is 19.0 Å². The van der Waals surface area contributed by atoms with Gasteiger partial charge in [0.25, 0.3) is 0 Å². The summed E-state index contributed by atoms with van der Waals surface area (Å²) in [5.41, 5.74) is 0.765. The largest absolute Gasteiger partial charge is 0.405 e. The maximum atomic E-state index is 12.7. The van der Waals surface area contributed by atoms with Gasteiger partial charge in [-0.2, -0.15) is 13.2 Å². The van der Waals surface area contributed by atoms with E-state index in [1.54, 1.807) is 7.05 Å². The van der Waals surface area contributed by atoms with Crippen LogP contribution < -0.4 is 10.2 Å². The van der Waals surface area contributed by atoms with Crippen LogP contribution in [0.15, 0.2) is 11.6 Å². The van der Waals surface area contributed by atoms with E-state index in [0.29, 0.717) is 30.3 Å². The highest BCUT2D eigenvalue weighted by Gasteiger charge is 2.32. The number of hydrogen-bond acceptors (Lipinski definition) is 4. The van der Waals surface area contributed by atoms with Crippen LogP contribution in [0.2, 0.25) is 0 Å². The Bertz CT molecular complexity index is 561. The highest BCUT2D eigenvalue weighted by Crippen LogP contribution is 2.27. The molecular formula is C12H17F3N4S. The van der Waals surface area contributed by atoms with Crippen LogP contribution >= 0.6 is 11.3 Å². The molecule has 2 aromatic rings. The van der Waals surface area contributed by atoms with E-state index < -0.39 is 12.7 Å². The fourth-order valence-corrected chi connectivity index (χ4v) is 2.88. The van der Waals surface area contributed by atoms with Crippen LogP contribution in [0.25, 0.3) is 4.96 Å². The summed E-state index contributed by atoms with van der Waals surface area (Å²) < 4.78 is 40.0. The third-order valence-corrected chi connectivity index (χ3v) is 3.60. The van der Waals surface area contributed by atoms with E-state index in [4.69, 9.17) is 0 Å². The van der Waals surface area contributed by atoms with Gasteiger partial charge in [-0.25, -0.2) is 4.98 Å². The molecule has 0 aliphatic heterocycles. The normalized spacial score (nSPS) is 12.2. The van der Waals surface area contributed by atoms with E-state index in [1.807, 2.05) is 22.9 Å². The Kier molecular flexibility index (Phi) is 4.54. The summed E-state index contributed by atoms with van der Waals surface area (Å²) in [7, 11) is 1.77. The van der Waals surface area contributed by atoms with Gasteiger partial charge in [-0.3, -0.25) is 4.40 Å². The lowest BCUT2D eigenvalue weighted by Crippen LogP contribution is -2.36. The van der Waals surface area contributed by atoms with E-state index in [0.717, 1.165) is 5.69 Å². The lowest BCUT2D eigenvalue weighted by Gasteiger charge is -2.24. The molecule has 2 heterocycles. The van der Waals surface area contributed by atoms with Crippen molar-refractivity contribution in [3.63, 3.8) is 0 Å². The van der Waals surface area contributed by atoms with Crippen molar-refractivity contribution in [1.82, 2.24) is 14.7 Å². The van der Waals surface area contributed by atoms with E-state index in [-0.39, 0.29) is 0 Å². The molecule has 0 saturated heterocycles. The standard InChI is InChI=1S/C12H17F3N4S/c1-3-4-18(8-12(13,14)15)10-9(7-16-2)19-5-6-20-11(19)17-10/h5-6,16H,3-4,7-8H2,1-2H3. The van der Waals surface area contributed by atoms with Crippen LogP contribution in [-0.2, 0) is 6.54 Å². The number of thiazole rings is 1. The Hall–Kier alpha value is -1.28. The lowest BCUT2D eigenvalue weighted by atomic mass is 10.3. The first kappa shape index (κ1) is 15.1. The summed E-state index contributed by atoms with van der Waals surface area (Å²) in [6, 6.07) is 0. The van der Waals surface area contributed by atoms with Gasteiger partial charge < -0.3 is 10.2 Å². The fraction of sp³-hybridized carbons (Fsp3) is 0.583. The Balaban J connectivity index is 2.40.